The molecule has 0 aliphatic carbocycles. The van der Waals surface area contributed by atoms with Crippen molar-refractivity contribution in [2.75, 3.05) is 52.5 Å². The van der Waals surface area contributed by atoms with Crippen molar-refractivity contribution in [1.29, 1.82) is 0 Å². The van der Waals surface area contributed by atoms with E-state index in [9.17, 15) is 54.6 Å². The van der Waals surface area contributed by atoms with Gasteiger partial charge in [-0.2, -0.15) is 0 Å². The molecule has 0 amide bonds. The topological polar surface area (TPSA) is 235 Å². The summed E-state index contributed by atoms with van der Waals surface area (Å²) >= 11 is 0. The van der Waals surface area contributed by atoms with Gasteiger partial charge in [0, 0.05) is 26.2 Å². The fraction of sp³-hybridized carbons (Fsp3) is 0.378. The number of ether oxygens (including phenoxy) is 2. The van der Waals surface area contributed by atoms with Crippen molar-refractivity contribution in [3.05, 3.63) is 102 Å². The fourth-order valence-corrected chi connectivity index (χ4v) is 5.59. The normalized spacial score (nSPS) is 13.1. The Morgan fingerprint density at radius 2 is 0.868 bits per heavy atom. The van der Waals surface area contributed by atoms with Gasteiger partial charge in [-0.1, -0.05) is 72.8 Å². The van der Waals surface area contributed by atoms with E-state index in [0.29, 0.717) is 5.56 Å². The van der Waals surface area contributed by atoms with Crippen LogP contribution in [0.1, 0.15) is 16.7 Å². The Labute approximate surface area is 306 Å². The van der Waals surface area contributed by atoms with Crippen molar-refractivity contribution in [2.24, 2.45) is 0 Å². The lowest BCUT2D eigenvalue weighted by atomic mass is 10.0. The number of aromatic hydroxyl groups is 1. The van der Waals surface area contributed by atoms with E-state index < -0.39 is 61.1 Å². The average Bonchev–Trinajstić information content (AvgIpc) is 3.11. The maximum absolute atomic E-state index is 12.8. The molecular weight excluding hydrogens is 694 g/mol. The number of hydrogen-bond donors (Lipinski definition) is 6. The second kappa shape index (κ2) is 21.9. The number of carbonyl (C=O) groups is 5. The zero-order valence-corrected chi connectivity index (χ0v) is 29.0. The van der Waals surface area contributed by atoms with E-state index in [1.165, 1.54) is 29.2 Å². The highest BCUT2D eigenvalue weighted by molar-refractivity contribution is 5.76. The van der Waals surface area contributed by atoms with Crippen LogP contribution in [0.25, 0.3) is 0 Å². The van der Waals surface area contributed by atoms with Crippen molar-refractivity contribution in [1.82, 2.24) is 14.7 Å². The van der Waals surface area contributed by atoms with Gasteiger partial charge in [-0.25, -0.2) is 0 Å². The van der Waals surface area contributed by atoms with Crippen molar-refractivity contribution >= 4 is 29.8 Å². The summed E-state index contributed by atoms with van der Waals surface area (Å²) in [7, 11) is 0. The Kier molecular flexibility index (Phi) is 17.3. The molecule has 0 bridgehead atoms. The second-order valence-electron chi connectivity index (χ2n) is 12.2. The maximum Gasteiger partial charge on any atom is 0.323 e. The minimum Gasteiger partial charge on any atom is -0.508 e. The van der Waals surface area contributed by atoms with Crippen LogP contribution in [0, 0.1) is 0 Å². The van der Waals surface area contributed by atoms with Crippen LogP contribution < -0.4 is 0 Å². The van der Waals surface area contributed by atoms with Gasteiger partial charge in [-0.05, 0) is 35.2 Å². The van der Waals surface area contributed by atoms with Gasteiger partial charge in [0.2, 0.25) is 0 Å². The highest BCUT2D eigenvalue weighted by Crippen LogP contribution is 2.16. The van der Waals surface area contributed by atoms with Gasteiger partial charge in [0.05, 0.1) is 39.5 Å². The van der Waals surface area contributed by atoms with E-state index in [1.54, 1.807) is 60.7 Å². The molecule has 0 spiro atoms. The molecule has 0 unspecified atom stereocenters. The van der Waals surface area contributed by atoms with Gasteiger partial charge in [0.1, 0.15) is 23.9 Å². The molecule has 3 rings (SSSR count). The molecule has 0 fully saturated rings. The molecule has 0 saturated carbocycles. The average molecular weight is 740 g/mol. The minimum absolute atomic E-state index is 0.0468. The molecule has 16 nitrogen and oxygen atoms in total. The van der Waals surface area contributed by atoms with Crippen LogP contribution in [0.2, 0.25) is 0 Å². The van der Waals surface area contributed by atoms with E-state index in [4.69, 9.17) is 9.47 Å². The summed E-state index contributed by atoms with van der Waals surface area (Å²) in [5, 5.41) is 59.6. The molecule has 0 radical (unpaired) electrons. The lowest BCUT2D eigenvalue weighted by molar-refractivity contribution is -0.150. The predicted octanol–water partition coefficient (Wildman–Crippen LogP) is 1.80. The van der Waals surface area contributed by atoms with Gasteiger partial charge in [0.15, 0.2) is 0 Å². The molecule has 16 heteroatoms. The summed E-state index contributed by atoms with van der Waals surface area (Å²) in [4.78, 5) is 65.0. The van der Waals surface area contributed by atoms with Crippen molar-refractivity contribution in [3.8, 4) is 5.75 Å². The third-order valence-corrected chi connectivity index (χ3v) is 8.34. The fourth-order valence-electron chi connectivity index (χ4n) is 5.59. The van der Waals surface area contributed by atoms with Crippen LogP contribution in [0.3, 0.4) is 0 Å². The zero-order valence-electron chi connectivity index (χ0n) is 29.0. The molecule has 0 aliphatic rings. The highest BCUT2D eigenvalue weighted by atomic mass is 16.5. The smallest absolute Gasteiger partial charge is 0.323 e. The lowest BCUT2D eigenvalue weighted by Crippen LogP contribution is -2.54. The quantitative estimate of drug-likeness (QED) is 0.0689. The molecule has 0 saturated heterocycles. The molecule has 0 aliphatic heterocycles. The van der Waals surface area contributed by atoms with E-state index in [2.05, 4.69) is 0 Å². The Morgan fingerprint density at radius 1 is 0.491 bits per heavy atom. The van der Waals surface area contributed by atoms with E-state index in [-0.39, 0.29) is 64.8 Å². The van der Waals surface area contributed by atoms with Crippen molar-refractivity contribution in [2.45, 2.75) is 37.8 Å². The van der Waals surface area contributed by atoms with Crippen molar-refractivity contribution in [3.63, 3.8) is 0 Å². The van der Waals surface area contributed by atoms with Gasteiger partial charge in [-0.15, -0.1) is 0 Å². The minimum atomic E-state index is -1.43. The number of hydrogen-bond acceptors (Lipinski definition) is 11. The molecule has 3 aromatic carbocycles. The number of nitrogens with zero attached hydrogens (tertiary/aromatic N) is 3. The first kappa shape index (κ1) is 42.0. The Bertz CT molecular complexity index is 1520. The standard InChI is InChI=1S/C37H45N3O13/c41-29-13-11-26(12-14-29)19-30(35(46)47)38(15-17-39(20-33(42)43)31(36(48)49)24-52-22-27-7-3-1-4-8-27)16-18-40(21-34(44)45)32(37(50)51)25-53-23-28-9-5-2-6-10-28/h1-14,30-32,41H,15-25H2,(H,42,43)(H,44,45)(H,46,47)(H,48,49)(H,50,51)/t30-,31+,32+/m0/s1. The summed E-state index contributed by atoms with van der Waals surface area (Å²) in [5.74, 6) is -6.74. The Morgan fingerprint density at radius 3 is 1.23 bits per heavy atom. The van der Waals surface area contributed by atoms with E-state index >= 15 is 0 Å². The first-order valence-electron chi connectivity index (χ1n) is 16.7. The van der Waals surface area contributed by atoms with Crippen LogP contribution >= 0.6 is 0 Å². The molecule has 0 aromatic heterocycles. The summed E-state index contributed by atoms with van der Waals surface area (Å²) in [6.45, 7) is -3.05. The van der Waals surface area contributed by atoms with Gasteiger partial charge < -0.3 is 40.1 Å². The van der Waals surface area contributed by atoms with Crippen LogP contribution in [0.4, 0.5) is 0 Å². The largest absolute Gasteiger partial charge is 0.508 e. The molecular formula is C37H45N3O13. The molecule has 6 N–H and O–H groups in total. The number of carboxylic acids is 5. The third kappa shape index (κ3) is 15.0. The number of benzene rings is 3. The summed E-state index contributed by atoms with van der Waals surface area (Å²) in [6.07, 6.45) is -0.113. The summed E-state index contributed by atoms with van der Waals surface area (Å²) < 4.78 is 11.3. The molecule has 53 heavy (non-hydrogen) atoms. The second-order valence-corrected chi connectivity index (χ2v) is 12.2. The van der Waals surface area contributed by atoms with E-state index in [1.807, 2.05) is 0 Å². The summed E-state index contributed by atoms with van der Waals surface area (Å²) in [6, 6.07) is 19.5. The van der Waals surface area contributed by atoms with Crippen LogP contribution in [-0.2, 0) is 53.1 Å². The van der Waals surface area contributed by atoms with E-state index in [0.717, 1.165) is 20.9 Å². The monoisotopic (exact) mass is 739 g/mol. The maximum atomic E-state index is 12.8. The molecule has 3 aromatic rings. The van der Waals surface area contributed by atoms with Gasteiger partial charge in [-0.3, -0.25) is 38.7 Å². The van der Waals surface area contributed by atoms with Gasteiger partial charge in [0.25, 0.3) is 0 Å². The van der Waals surface area contributed by atoms with Crippen LogP contribution in [-0.4, -0.2) is 146 Å². The van der Waals surface area contributed by atoms with Crippen LogP contribution in [0.15, 0.2) is 84.9 Å². The number of rotatable bonds is 26. The number of phenols is 1. The molecule has 3 atom stereocenters. The number of phenolic OH excluding ortho intramolecular Hbond substituents is 1. The Balaban J connectivity index is 1.87. The molecule has 286 valence electrons. The van der Waals surface area contributed by atoms with Gasteiger partial charge >= 0.3 is 29.8 Å². The SMILES string of the molecule is O=C(O)CN(CCN(CCN(CC(=O)O)[C@H](COCc1ccccc1)C(=O)O)[C@@H](Cc1ccc(O)cc1)C(=O)O)[C@H](COCc1ccccc1)C(=O)O. The molecule has 0 heterocycles. The number of aliphatic carboxylic acids is 5. The number of carboxylic acid groups (broad SMARTS) is 5. The van der Waals surface area contributed by atoms with Crippen LogP contribution in [0.5, 0.6) is 5.75 Å². The zero-order chi connectivity index (χ0) is 38.8. The van der Waals surface area contributed by atoms with Crippen molar-refractivity contribution < 1.29 is 64.1 Å². The Hall–Kier alpha value is -5.39. The highest BCUT2D eigenvalue weighted by Gasteiger charge is 2.33. The predicted molar refractivity (Wildman–Crippen MR) is 188 cm³/mol. The first-order chi connectivity index (χ1) is 25.3. The third-order valence-electron chi connectivity index (χ3n) is 8.34. The lowest BCUT2D eigenvalue weighted by Gasteiger charge is -2.35. The first-order valence-corrected chi connectivity index (χ1v) is 16.7. The summed E-state index contributed by atoms with van der Waals surface area (Å²) in [5.41, 5.74) is 2.05.